The Morgan fingerprint density at radius 3 is 2.55 bits per heavy atom. The van der Waals surface area contributed by atoms with Crippen LogP contribution in [0.5, 0.6) is 5.75 Å². The normalized spacial score (nSPS) is 11.2. The molecule has 0 unspecified atom stereocenters. The third-order valence-electron chi connectivity index (χ3n) is 2.16. The molecule has 110 valence electrons. The molecule has 3 N–H and O–H groups in total. The van der Waals surface area contributed by atoms with Gasteiger partial charge in [-0.2, -0.15) is 0 Å². The topological polar surface area (TPSA) is 147 Å². The molecule has 1 aromatic rings. The number of nitro groups is 1. The number of aliphatic carboxylic acids is 1. The van der Waals surface area contributed by atoms with E-state index in [2.05, 4.69) is 0 Å². The minimum absolute atomic E-state index is 0.420. The summed E-state index contributed by atoms with van der Waals surface area (Å²) in [5, 5.41) is 28.2. The molecule has 0 fully saturated rings. The first-order valence-corrected chi connectivity index (χ1v) is 6.90. The number of benzene rings is 1. The molecule has 0 saturated carbocycles. The summed E-state index contributed by atoms with van der Waals surface area (Å²) in [5.41, 5.74) is -0.826. The molecule has 0 aliphatic heterocycles. The molecule has 20 heavy (non-hydrogen) atoms. The number of hydrogen-bond acceptors (Lipinski definition) is 6. The summed E-state index contributed by atoms with van der Waals surface area (Å²) in [6.07, 6.45) is -0.494. The molecule has 9 nitrogen and oxygen atoms in total. The van der Waals surface area contributed by atoms with Gasteiger partial charge in [-0.05, 0) is 6.07 Å². The van der Waals surface area contributed by atoms with E-state index in [4.69, 9.17) is 16.7 Å². The van der Waals surface area contributed by atoms with E-state index in [1.54, 1.807) is 0 Å². The Kier molecular flexibility index (Phi) is 4.87. The first-order valence-electron chi connectivity index (χ1n) is 5.04. The molecule has 1 aromatic carbocycles. The number of nitrogens with zero attached hydrogens (tertiary/aromatic N) is 1. The highest BCUT2D eigenvalue weighted by Crippen LogP contribution is 2.37. The van der Waals surface area contributed by atoms with Gasteiger partial charge in [-0.3, -0.25) is 14.9 Å². The number of aromatic hydroxyl groups is 1. The zero-order valence-corrected chi connectivity index (χ0v) is 11.3. The Morgan fingerprint density at radius 1 is 1.45 bits per heavy atom. The van der Waals surface area contributed by atoms with Gasteiger partial charge in [0.25, 0.3) is 0 Å². The number of carboxylic acid groups (broad SMARTS) is 1. The van der Waals surface area contributed by atoms with Gasteiger partial charge in [-0.25, -0.2) is 13.1 Å². The number of carboxylic acids is 1. The summed E-state index contributed by atoms with van der Waals surface area (Å²) in [5.74, 6) is -2.34. The van der Waals surface area contributed by atoms with Crippen molar-refractivity contribution in [2.75, 3.05) is 6.54 Å². The minimum atomic E-state index is -4.37. The van der Waals surface area contributed by atoms with Crippen LogP contribution < -0.4 is 4.72 Å². The van der Waals surface area contributed by atoms with Crippen molar-refractivity contribution >= 4 is 33.3 Å². The summed E-state index contributed by atoms with van der Waals surface area (Å²) < 4.78 is 25.6. The first-order chi connectivity index (χ1) is 9.16. The fourth-order valence-corrected chi connectivity index (χ4v) is 2.96. The molecule has 0 aliphatic rings. The molecular formula is C9H9ClN2O7S. The molecule has 0 spiro atoms. The smallest absolute Gasteiger partial charge is 0.312 e. The van der Waals surface area contributed by atoms with Crippen molar-refractivity contribution in [1.82, 2.24) is 4.72 Å². The highest BCUT2D eigenvalue weighted by molar-refractivity contribution is 7.89. The van der Waals surface area contributed by atoms with Crippen molar-refractivity contribution in [3.8, 4) is 5.75 Å². The van der Waals surface area contributed by atoms with Crippen molar-refractivity contribution in [3.63, 3.8) is 0 Å². The molecule has 0 saturated heterocycles. The van der Waals surface area contributed by atoms with Crippen molar-refractivity contribution in [1.29, 1.82) is 0 Å². The first kappa shape index (κ1) is 16.1. The van der Waals surface area contributed by atoms with Crippen molar-refractivity contribution in [2.45, 2.75) is 11.3 Å². The number of phenolic OH excluding ortho intramolecular Hbond substituents is 1. The molecule has 0 atom stereocenters. The van der Waals surface area contributed by atoms with Crippen LogP contribution in [0.25, 0.3) is 0 Å². The molecular weight excluding hydrogens is 316 g/mol. The molecule has 0 heterocycles. The summed E-state index contributed by atoms with van der Waals surface area (Å²) in [6, 6.07) is 1.80. The lowest BCUT2D eigenvalue weighted by atomic mass is 10.3. The number of nitrogens with one attached hydrogen (secondary N) is 1. The number of nitro benzene ring substituents is 1. The average molecular weight is 325 g/mol. The summed E-state index contributed by atoms with van der Waals surface area (Å²) in [7, 11) is -4.37. The maximum absolute atomic E-state index is 11.9. The molecule has 1 rings (SSSR count). The van der Waals surface area contributed by atoms with Crippen molar-refractivity contribution < 1.29 is 28.3 Å². The number of sulfonamides is 1. The SMILES string of the molecule is O=C(O)CCNS(=O)(=O)c1c(Cl)ccc([N+](=O)[O-])c1O. The number of rotatable bonds is 6. The van der Waals surface area contributed by atoms with E-state index in [0.717, 1.165) is 12.1 Å². The molecule has 0 aliphatic carbocycles. The fourth-order valence-electron chi connectivity index (χ4n) is 1.30. The van der Waals surface area contributed by atoms with Gasteiger partial charge in [0.1, 0.15) is 4.90 Å². The average Bonchev–Trinajstić information content (AvgIpc) is 2.26. The van der Waals surface area contributed by atoms with Crippen molar-refractivity contribution in [2.24, 2.45) is 0 Å². The predicted octanol–water partition coefficient (Wildman–Crippen LogP) is 0.707. The standard InChI is InChI=1S/C9H9ClN2O7S/c10-5-1-2-6(12(16)17)8(15)9(5)20(18,19)11-4-3-7(13)14/h1-2,11,15H,3-4H2,(H,13,14). The third-order valence-corrected chi connectivity index (χ3v) is 4.12. The van der Waals surface area contributed by atoms with E-state index in [0.29, 0.717) is 0 Å². The Labute approximate surface area is 118 Å². The fraction of sp³-hybridized carbons (Fsp3) is 0.222. The summed E-state index contributed by atoms with van der Waals surface area (Å²) in [6.45, 7) is -0.448. The second kappa shape index (κ2) is 6.03. The molecule has 0 amide bonds. The monoisotopic (exact) mass is 324 g/mol. The van der Waals surface area contributed by atoms with Crippen LogP contribution in [-0.4, -0.2) is 36.1 Å². The zero-order chi connectivity index (χ0) is 15.5. The van der Waals surface area contributed by atoms with Crippen molar-refractivity contribution in [3.05, 3.63) is 27.3 Å². The molecule has 0 aromatic heterocycles. The van der Waals surface area contributed by atoms with E-state index in [1.165, 1.54) is 0 Å². The quantitative estimate of drug-likeness (QED) is 0.515. The highest BCUT2D eigenvalue weighted by atomic mass is 35.5. The van der Waals surface area contributed by atoms with Crippen LogP contribution in [0.4, 0.5) is 5.69 Å². The maximum Gasteiger partial charge on any atom is 0.312 e. The van der Waals surface area contributed by atoms with Gasteiger partial charge < -0.3 is 10.2 Å². The lowest BCUT2D eigenvalue weighted by Crippen LogP contribution is -2.26. The van der Waals surface area contributed by atoms with Gasteiger partial charge >= 0.3 is 11.7 Å². The van der Waals surface area contributed by atoms with Gasteiger partial charge in [0.15, 0.2) is 0 Å². The Morgan fingerprint density at radius 2 is 2.05 bits per heavy atom. The van der Waals surface area contributed by atoms with Gasteiger partial charge in [0.2, 0.25) is 15.8 Å². The van der Waals surface area contributed by atoms with Crippen LogP contribution >= 0.6 is 11.6 Å². The van der Waals surface area contributed by atoms with E-state index in [1.807, 2.05) is 4.72 Å². The zero-order valence-electron chi connectivity index (χ0n) is 9.74. The number of carbonyl (C=O) groups is 1. The second-order valence-corrected chi connectivity index (χ2v) is 5.65. The number of phenols is 1. The number of hydrogen-bond donors (Lipinski definition) is 3. The van der Waals surface area contributed by atoms with Gasteiger partial charge in [0.05, 0.1) is 16.4 Å². The van der Waals surface area contributed by atoms with E-state index >= 15 is 0 Å². The van der Waals surface area contributed by atoms with Crippen LogP contribution in [0.15, 0.2) is 17.0 Å². The Bertz CT molecular complexity index is 659. The largest absolute Gasteiger partial charge is 0.501 e. The van der Waals surface area contributed by atoms with Gasteiger partial charge in [0, 0.05) is 12.6 Å². The van der Waals surface area contributed by atoms with Gasteiger partial charge in [-0.15, -0.1) is 0 Å². The highest BCUT2D eigenvalue weighted by Gasteiger charge is 2.28. The Balaban J connectivity index is 3.21. The van der Waals surface area contributed by atoms with Crippen LogP contribution in [0.1, 0.15) is 6.42 Å². The van der Waals surface area contributed by atoms with E-state index in [9.17, 15) is 28.4 Å². The predicted molar refractivity (Wildman–Crippen MR) is 67.2 cm³/mol. The summed E-state index contributed by atoms with van der Waals surface area (Å²) in [4.78, 5) is 19.1. The molecule has 0 radical (unpaired) electrons. The van der Waals surface area contributed by atoms with E-state index in [-0.39, 0.29) is 0 Å². The second-order valence-electron chi connectivity index (χ2n) is 3.54. The number of halogens is 1. The van der Waals surface area contributed by atoms with Crippen LogP contribution in [0.3, 0.4) is 0 Å². The van der Waals surface area contributed by atoms with Crippen LogP contribution in [-0.2, 0) is 14.8 Å². The van der Waals surface area contributed by atoms with Gasteiger partial charge in [-0.1, -0.05) is 11.6 Å². The van der Waals surface area contributed by atoms with Crippen LogP contribution in [0, 0.1) is 10.1 Å². The van der Waals surface area contributed by atoms with Crippen LogP contribution in [0.2, 0.25) is 5.02 Å². The Hall–Kier alpha value is -1.91. The molecule has 11 heteroatoms. The molecule has 0 bridgehead atoms. The minimum Gasteiger partial charge on any atom is -0.501 e. The third kappa shape index (κ3) is 3.56. The van der Waals surface area contributed by atoms with E-state index < -0.39 is 55.2 Å². The maximum atomic E-state index is 11.9. The lowest BCUT2D eigenvalue weighted by Gasteiger charge is -2.09. The summed E-state index contributed by atoms with van der Waals surface area (Å²) >= 11 is 5.61. The lowest BCUT2D eigenvalue weighted by molar-refractivity contribution is -0.386.